The fourth-order valence-corrected chi connectivity index (χ4v) is 3.90. The Hall–Kier alpha value is -2.63. The van der Waals surface area contributed by atoms with Crippen LogP contribution in [0.1, 0.15) is 36.8 Å². The van der Waals surface area contributed by atoms with Gasteiger partial charge in [0.2, 0.25) is 0 Å². The topological polar surface area (TPSA) is 52.6 Å². The number of hydrogen-bond acceptors (Lipinski definition) is 3. The number of benzene rings is 1. The Morgan fingerprint density at radius 3 is 2.57 bits per heavy atom. The molecule has 148 valence electrons. The number of nitrogens with one attached hydrogen (secondary N) is 2. The first-order valence-corrected chi connectivity index (χ1v) is 10.1. The highest BCUT2D eigenvalue weighted by Crippen LogP contribution is 2.48. The predicted molar refractivity (Wildman–Crippen MR) is 111 cm³/mol. The lowest BCUT2D eigenvalue weighted by Gasteiger charge is -2.20. The molecule has 1 aliphatic carbocycles. The van der Waals surface area contributed by atoms with E-state index in [2.05, 4.69) is 37.6 Å². The van der Waals surface area contributed by atoms with Crippen LogP contribution < -0.4 is 15.5 Å². The second-order valence-corrected chi connectivity index (χ2v) is 7.76. The maximum atomic E-state index is 14.2. The summed E-state index contributed by atoms with van der Waals surface area (Å²) in [4.78, 5) is 11.2. The Labute approximate surface area is 166 Å². The molecule has 0 atom stereocenters. The maximum absolute atomic E-state index is 14.2. The lowest BCUT2D eigenvalue weighted by atomic mass is 9.95. The smallest absolute Gasteiger partial charge is 0.191 e. The van der Waals surface area contributed by atoms with E-state index in [9.17, 15) is 4.39 Å². The molecule has 6 heteroatoms. The van der Waals surface area contributed by atoms with Gasteiger partial charge in [-0.05, 0) is 48.9 Å². The van der Waals surface area contributed by atoms with E-state index < -0.39 is 0 Å². The van der Waals surface area contributed by atoms with Crippen LogP contribution >= 0.6 is 0 Å². The molecule has 0 radical (unpaired) electrons. The van der Waals surface area contributed by atoms with E-state index in [1.54, 1.807) is 19.2 Å². The molecule has 0 amide bonds. The number of aliphatic imine (C=N–C) groups is 1. The SMILES string of the molecule is CN=C(NCc1ccc(N2CCCC2)nc1)NCC1(c2ccccc2F)CC1. The van der Waals surface area contributed by atoms with Gasteiger partial charge in [-0.15, -0.1) is 0 Å². The summed E-state index contributed by atoms with van der Waals surface area (Å²) in [5.41, 5.74) is 1.81. The summed E-state index contributed by atoms with van der Waals surface area (Å²) in [6, 6.07) is 11.3. The Kier molecular flexibility index (Phi) is 5.46. The van der Waals surface area contributed by atoms with Crippen molar-refractivity contribution in [2.75, 3.05) is 31.6 Å². The average Bonchev–Trinajstić information content (AvgIpc) is 3.31. The minimum atomic E-state index is -0.117. The number of halogens is 1. The zero-order valence-corrected chi connectivity index (χ0v) is 16.4. The third-order valence-electron chi connectivity index (χ3n) is 5.82. The molecule has 0 spiro atoms. The van der Waals surface area contributed by atoms with Gasteiger partial charge in [-0.25, -0.2) is 9.37 Å². The normalized spacial score (nSPS) is 18.2. The molecule has 2 N–H and O–H groups in total. The van der Waals surface area contributed by atoms with E-state index in [4.69, 9.17) is 0 Å². The Morgan fingerprint density at radius 2 is 1.93 bits per heavy atom. The molecule has 0 unspecified atom stereocenters. The molecule has 0 bridgehead atoms. The van der Waals surface area contributed by atoms with Crippen molar-refractivity contribution in [3.8, 4) is 0 Å². The molecule has 1 aromatic carbocycles. The molecule has 4 rings (SSSR count). The highest BCUT2D eigenvalue weighted by atomic mass is 19.1. The number of nitrogens with zero attached hydrogens (tertiary/aromatic N) is 3. The first kappa shape index (κ1) is 18.7. The standard InChI is InChI=1S/C22H28FN5/c1-24-21(27-16-22(10-11-22)18-6-2-3-7-19(18)23)26-15-17-8-9-20(25-14-17)28-12-4-5-13-28/h2-3,6-9,14H,4-5,10-13,15-16H2,1H3,(H2,24,26,27). The fourth-order valence-electron chi connectivity index (χ4n) is 3.90. The number of pyridine rings is 1. The summed E-state index contributed by atoms with van der Waals surface area (Å²) in [7, 11) is 1.76. The van der Waals surface area contributed by atoms with Crippen LogP contribution in [0.3, 0.4) is 0 Å². The summed E-state index contributed by atoms with van der Waals surface area (Å²) in [6.45, 7) is 3.54. The molecule has 1 aliphatic heterocycles. The Morgan fingerprint density at radius 1 is 1.14 bits per heavy atom. The molecule has 28 heavy (non-hydrogen) atoms. The van der Waals surface area contributed by atoms with Gasteiger partial charge in [0.25, 0.3) is 0 Å². The summed E-state index contributed by atoms with van der Waals surface area (Å²) in [5.74, 6) is 1.67. The van der Waals surface area contributed by atoms with Crippen molar-refractivity contribution in [2.45, 2.75) is 37.6 Å². The molecule has 2 aromatic rings. The van der Waals surface area contributed by atoms with E-state index in [1.807, 2.05) is 18.3 Å². The van der Waals surface area contributed by atoms with E-state index in [-0.39, 0.29) is 11.2 Å². The van der Waals surface area contributed by atoms with Gasteiger partial charge in [0, 0.05) is 44.8 Å². The van der Waals surface area contributed by atoms with E-state index in [0.29, 0.717) is 13.1 Å². The average molecular weight is 381 g/mol. The maximum Gasteiger partial charge on any atom is 0.191 e. The number of anilines is 1. The zero-order chi connectivity index (χ0) is 19.4. The fraction of sp³-hybridized carbons (Fsp3) is 0.455. The lowest BCUT2D eigenvalue weighted by Crippen LogP contribution is -2.41. The minimum Gasteiger partial charge on any atom is -0.357 e. The number of aromatic nitrogens is 1. The molecular weight excluding hydrogens is 353 g/mol. The molecule has 1 aromatic heterocycles. The third-order valence-corrected chi connectivity index (χ3v) is 5.82. The van der Waals surface area contributed by atoms with Crippen LogP contribution in [-0.4, -0.2) is 37.6 Å². The van der Waals surface area contributed by atoms with E-state index >= 15 is 0 Å². The monoisotopic (exact) mass is 381 g/mol. The molecule has 1 saturated carbocycles. The third kappa shape index (κ3) is 4.11. The summed E-state index contributed by atoms with van der Waals surface area (Å²) in [5, 5.41) is 6.70. The quantitative estimate of drug-likeness (QED) is 0.596. The van der Waals surface area contributed by atoms with Crippen molar-refractivity contribution < 1.29 is 4.39 Å². The zero-order valence-electron chi connectivity index (χ0n) is 16.4. The first-order chi connectivity index (χ1) is 13.7. The van der Waals surface area contributed by atoms with Gasteiger partial charge in [-0.3, -0.25) is 4.99 Å². The number of guanidine groups is 1. The van der Waals surface area contributed by atoms with Crippen molar-refractivity contribution in [1.82, 2.24) is 15.6 Å². The van der Waals surface area contributed by atoms with Crippen molar-refractivity contribution >= 4 is 11.8 Å². The van der Waals surface area contributed by atoms with Crippen LogP contribution in [0.4, 0.5) is 10.2 Å². The first-order valence-electron chi connectivity index (χ1n) is 10.1. The molecule has 2 fully saturated rings. The van der Waals surface area contributed by atoms with E-state index in [1.165, 1.54) is 12.8 Å². The summed E-state index contributed by atoms with van der Waals surface area (Å²) >= 11 is 0. The van der Waals surface area contributed by atoms with Gasteiger partial charge in [0.05, 0.1) is 0 Å². The van der Waals surface area contributed by atoms with Crippen molar-refractivity contribution in [2.24, 2.45) is 4.99 Å². The van der Waals surface area contributed by atoms with Crippen molar-refractivity contribution in [3.05, 3.63) is 59.5 Å². The summed E-state index contributed by atoms with van der Waals surface area (Å²) in [6.07, 6.45) is 6.43. The molecule has 2 heterocycles. The highest BCUT2D eigenvalue weighted by molar-refractivity contribution is 5.79. The number of hydrogen-bond donors (Lipinski definition) is 2. The Balaban J connectivity index is 1.30. The molecule has 1 saturated heterocycles. The predicted octanol–water partition coefficient (Wildman–Crippen LogP) is 3.22. The summed E-state index contributed by atoms with van der Waals surface area (Å²) < 4.78 is 14.2. The Bertz CT molecular complexity index is 823. The van der Waals surface area contributed by atoms with Crippen molar-refractivity contribution in [3.63, 3.8) is 0 Å². The number of rotatable bonds is 6. The second kappa shape index (κ2) is 8.17. The van der Waals surface area contributed by atoms with E-state index in [0.717, 1.165) is 48.8 Å². The van der Waals surface area contributed by atoms with Gasteiger partial charge in [-0.2, -0.15) is 0 Å². The van der Waals surface area contributed by atoms with Crippen LogP contribution in [0.25, 0.3) is 0 Å². The van der Waals surface area contributed by atoms with Crippen LogP contribution in [-0.2, 0) is 12.0 Å². The van der Waals surface area contributed by atoms with Gasteiger partial charge in [0.15, 0.2) is 5.96 Å². The van der Waals surface area contributed by atoms with Crippen LogP contribution in [0.5, 0.6) is 0 Å². The van der Waals surface area contributed by atoms with Gasteiger partial charge in [0.1, 0.15) is 11.6 Å². The molecular formula is C22H28FN5. The van der Waals surface area contributed by atoms with Crippen molar-refractivity contribution in [1.29, 1.82) is 0 Å². The molecule has 2 aliphatic rings. The molecule has 5 nitrogen and oxygen atoms in total. The van der Waals surface area contributed by atoms with Gasteiger partial charge >= 0.3 is 0 Å². The van der Waals surface area contributed by atoms with Crippen LogP contribution in [0.15, 0.2) is 47.6 Å². The second-order valence-electron chi connectivity index (χ2n) is 7.76. The highest BCUT2D eigenvalue weighted by Gasteiger charge is 2.45. The minimum absolute atomic E-state index is 0.109. The van der Waals surface area contributed by atoms with Gasteiger partial charge < -0.3 is 15.5 Å². The van der Waals surface area contributed by atoms with Crippen LogP contribution in [0, 0.1) is 5.82 Å². The van der Waals surface area contributed by atoms with Crippen LogP contribution in [0.2, 0.25) is 0 Å². The lowest BCUT2D eigenvalue weighted by molar-refractivity contribution is 0.559. The largest absolute Gasteiger partial charge is 0.357 e. The van der Waals surface area contributed by atoms with Gasteiger partial charge in [-0.1, -0.05) is 24.3 Å².